The maximum atomic E-state index is 10.7. The van der Waals surface area contributed by atoms with Crippen molar-refractivity contribution in [3.63, 3.8) is 0 Å². The maximum absolute atomic E-state index is 10.7. The van der Waals surface area contributed by atoms with E-state index in [0.29, 0.717) is 5.92 Å². The molecule has 0 heterocycles. The molecule has 2 rings (SSSR count). The second-order valence-corrected chi connectivity index (χ2v) is 6.56. The van der Waals surface area contributed by atoms with Crippen LogP contribution in [0, 0.1) is 17.8 Å². The summed E-state index contributed by atoms with van der Waals surface area (Å²) in [6, 6.07) is 0.272. The molecule has 2 nitrogen and oxygen atoms in total. The van der Waals surface area contributed by atoms with Crippen molar-refractivity contribution in [3.8, 4) is 0 Å². The third kappa shape index (κ3) is 3.95. The van der Waals surface area contributed by atoms with Crippen LogP contribution < -0.4 is 0 Å². The van der Waals surface area contributed by atoms with Crippen molar-refractivity contribution in [1.82, 2.24) is 0 Å². The fourth-order valence-electron chi connectivity index (χ4n) is 4.01. The average molecular weight is 249 g/mol. The predicted octanol–water partition coefficient (Wildman–Crippen LogP) is 4.49. The summed E-state index contributed by atoms with van der Waals surface area (Å²) in [5.74, 6) is 2.29. The Morgan fingerprint density at radius 1 is 1.11 bits per heavy atom. The molecule has 3 unspecified atom stereocenters. The normalized spacial score (nSPS) is 31.6. The van der Waals surface area contributed by atoms with Gasteiger partial charge < -0.3 is 0 Å². The van der Waals surface area contributed by atoms with Crippen LogP contribution in [0.2, 0.25) is 0 Å². The van der Waals surface area contributed by atoms with Crippen molar-refractivity contribution in [3.05, 3.63) is 0 Å². The van der Waals surface area contributed by atoms with Gasteiger partial charge in [0.25, 0.3) is 0 Å². The molecule has 0 aromatic rings. The summed E-state index contributed by atoms with van der Waals surface area (Å²) in [6.07, 6.45) is 15.1. The predicted molar refractivity (Wildman–Crippen MR) is 74.2 cm³/mol. The molecule has 3 atom stereocenters. The monoisotopic (exact) mass is 249 g/mol. The Labute approximate surface area is 111 Å². The third-order valence-electron chi connectivity index (χ3n) is 5.04. The van der Waals surface area contributed by atoms with Crippen LogP contribution in [0.15, 0.2) is 4.99 Å². The summed E-state index contributed by atoms with van der Waals surface area (Å²) in [6.45, 7) is 2.34. The van der Waals surface area contributed by atoms with Gasteiger partial charge in [0.05, 0.1) is 6.04 Å². The van der Waals surface area contributed by atoms with Crippen LogP contribution in [0.1, 0.15) is 71.1 Å². The van der Waals surface area contributed by atoms with Crippen molar-refractivity contribution in [2.75, 3.05) is 0 Å². The molecule has 2 saturated carbocycles. The standard InChI is InChI=1S/C16H27NO/c1-13-6-5-9-15(10-13)16(17-12-18)11-14-7-3-2-4-8-14/h13-16H,2-11H2,1H3. The summed E-state index contributed by atoms with van der Waals surface area (Å²) < 4.78 is 0. The van der Waals surface area contributed by atoms with Crippen molar-refractivity contribution in [1.29, 1.82) is 0 Å². The zero-order chi connectivity index (χ0) is 12.8. The molecule has 0 N–H and O–H groups in total. The average Bonchev–Trinajstić information content (AvgIpc) is 2.39. The van der Waals surface area contributed by atoms with Crippen molar-refractivity contribution >= 4 is 6.08 Å². The Hall–Kier alpha value is -0.620. The van der Waals surface area contributed by atoms with Crippen LogP contribution in [0.5, 0.6) is 0 Å². The van der Waals surface area contributed by atoms with E-state index in [1.165, 1.54) is 57.8 Å². The molecule has 2 heteroatoms. The van der Waals surface area contributed by atoms with Crippen LogP contribution in [0.25, 0.3) is 0 Å². The topological polar surface area (TPSA) is 29.4 Å². The number of hydrogen-bond acceptors (Lipinski definition) is 2. The van der Waals surface area contributed by atoms with Crippen molar-refractivity contribution in [2.45, 2.75) is 77.2 Å². The van der Waals surface area contributed by atoms with E-state index in [0.717, 1.165) is 18.3 Å². The Bertz CT molecular complexity index is 289. The molecule has 0 spiro atoms. The summed E-state index contributed by atoms with van der Waals surface area (Å²) in [7, 11) is 0. The first-order valence-corrected chi connectivity index (χ1v) is 7.86. The minimum atomic E-state index is 0.272. The summed E-state index contributed by atoms with van der Waals surface area (Å²) in [5.41, 5.74) is 0. The van der Waals surface area contributed by atoms with Crippen molar-refractivity contribution < 1.29 is 4.79 Å². The van der Waals surface area contributed by atoms with Gasteiger partial charge in [-0.3, -0.25) is 0 Å². The van der Waals surface area contributed by atoms with Gasteiger partial charge in [-0.15, -0.1) is 0 Å². The van der Waals surface area contributed by atoms with Gasteiger partial charge in [-0.2, -0.15) is 0 Å². The second-order valence-electron chi connectivity index (χ2n) is 6.56. The molecule has 0 bridgehead atoms. The Balaban J connectivity index is 1.91. The lowest BCUT2D eigenvalue weighted by molar-refractivity contribution is 0.211. The molecule has 2 aliphatic carbocycles. The van der Waals surface area contributed by atoms with Gasteiger partial charge in [-0.05, 0) is 37.0 Å². The van der Waals surface area contributed by atoms with Gasteiger partial charge in [-0.1, -0.05) is 51.9 Å². The number of isocyanates is 1. The van der Waals surface area contributed by atoms with E-state index >= 15 is 0 Å². The molecule has 0 aromatic heterocycles. The van der Waals surface area contributed by atoms with Crippen LogP contribution in [0.4, 0.5) is 0 Å². The smallest absolute Gasteiger partial charge is 0.211 e. The quantitative estimate of drug-likeness (QED) is 0.533. The highest BCUT2D eigenvalue weighted by Crippen LogP contribution is 2.36. The van der Waals surface area contributed by atoms with Crippen LogP contribution in [0.3, 0.4) is 0 Å². The highest BCUT2D eigenvalue weighted by Gasteiger charge is 2.29. The second kappa shape index (κ2) is 7.09. The zero-order valence-electron chi connectivity index (χ0n) is 11.7. The lowest BCUT2D eigenvalue weighted by Crippen LogP contribution is -2.27. The minimum Gasteiger partial charge on any atom is -0.211 e. The molecule has 0 aliphatic heterocycles. The number of nitrogens with zero attached hydrogens (tertiary/aromatic N) is 1. The SMILES string of the molecule is CC1CCCC(C(CC2CCCCC2)N=C=O)C1. The highest BCUT2D eigenvalue weighted by molar-refractivity contribution is 5.33. The molecule has 2 fully saturated rings. The van der Waals surface area contributed by atoms with Gasteiger partial charge in [-0.25, -0.2) is 9.79 Å². The maximum Gasteiger partial charge on any atom is 0.235 e. The highest BCUT2D eigenvalue weighted by atomic mass is 16.1. The lowest BCUT2D eigenvalue weighted by Gasteiger charge is -2.33. The Morgan fingerprint density at radius 2 is 1.89 bits per heavy atom. The fraction of sp³-hybridized carbons (Fsp3) is 0.938. The molecule has 0 saturated heterocycles. The Morgan fingerprint density at radius 3 is 2.56 bits per heavy atom. The first-order valence-electron chi connectivity index (χ1n) is 7.86. The zero-order valence-corrected chi connectivity index (χ0v) is 11.7. The van der Waals surface area contributed by atoms with Gasteiger partial charge >= 0.3 is 0 Å². The molecule has 0 amide bonds. The Kier molecular flexibility index (Phi) is 5.44. The molecule has 0 radical (unpaired) electrons. The van der Waals surface area contributed by atoms with Crippen LogP contribution in [-0.2, 0) is 4.79 Å². The number of rotatable bonds is 4. The molecule has 2 aliphatic rings. The van der Waals surface area contributed by atoms with E-state index < -0.39 is 0 Å². The number of hydrogen-bond donors (Lipinski definition) is 0. The van der Waals surface area contributed by atoms with E-state index in [9.17, 15) is 4.79 Å². The summed E-state index contributed by atoms with van der Waals surface area (Å²) in [5, 5.41) is 0. The largest absolute Gasteiger partial charge is 0.235 e. The third-order valence-corrected chi connectivity index (χ3v) is 5.04. The van der Waals surface area contributed by atoms with E-state index in [1.54, 1.807) is 0 Å². The summed E-state index contributed by atoms with van der Waals surface area (Å²) >= 11 is 0. The van der Waals surface area contributed by atoms with Gasteiger partial charge in [0.2, 0.25) is 6.08 Å². The van der Waals surface area contributed by atoms with Gasteiger partial charge in [0.1, 0.15) is 0 Å². The molecule has 0 aromatic carbocycles. The van der Waals surface area contributed by atoms with E-state index in [4.69, 9.17) is 0 Å². The number of carbonyl (C=O) groups excluding carboxylic acids is 1. The summed E-state index contributed by atoms with van der Waals surface area (Å²) in [4.78, 5) is 14.9. The first kappa shape index (κ1) is 13.8. The lowest BCUT2D eigenvalue weighted by atomic mass is 9.74. The molecular weight excluding hydrogens is 222 g/mol. The minimum absolute atomic E-state index is 0.272. The van der Waals surface area contributed by atoms with E-state index in [-0.39, 0.29) is 6.04 Å². The molecule has 18 heavy (non-hydrogen) atoms. The number of aliphatic imine (C=N–C) groups is 1. The van der Waals surface area contributed by atoms with Gasteiger partial charge in [0, 0.05) is 0 Å². The van der Waals surface area contributed by atoms with Crippen LogP contribution in [-0.4, -0.2) is 12.1 Å². The fourth-order valence-corrected chi connectivity index (χ4v) is 4.01. The van der Waals surface area contributed by atoms with Gasteiger partial charge in [0.15, 0.2) is 0 Å². The van der Waals surface area contributed by atoms with Crippen molar-refractivity contribution in [2.24, 2.45) is 22.7 Å². The van der Waals surface area contributed by atoms with Crippen LogP contribution >= 0.6 is 0 Å². The molecular formula is C16H27NO. The molecule has 102 valence electrons. The van der Waals surface area contributed by atoms with E-state index in [2.05, 4.69) is 11.9 Å². The first-order chi connectivity index (χ1) is 8.79. The van der Waals surface area contributed by atoms with E-state index in [1.807, 2.05) is 6.08 Å².